The predicted octanol–water partition coefficient (Wildman–Crippen LogP) is 3.83. The molecule has 0 unspecified atom stereocenters. The number of carbonyl (C=O) groups excluding carboxylic acids is 1. The zero-order chi connectivity index (χ0) is 25.5. The second kappa shape index (κ2) is 9.04. The Morgan fingerprint density at radius 3 is 2.11 bits per heavy atom. The highest BCUT2D eigenvalue weighted by Crippen LogP contribution is 2.35. The maximum absolute atomic E-state index is 12.9. The number of furan rings is 1. The number of anilines is 1. The highest BCUT2D eigenvalue weighted by Gasteiger charge is 2.45. The van der Waals surface area contributed by atoms with Crippen molar-refractivity contribution in [1.82, 2.24) is 9.97 Å². The van der Waals surface area contributed by atoms with Crippen LogP contribution in [0, 0.1) is 6.92 Å². The summed E-state index contributed by atoms with van der Waals surface area (Å²) in [6.45, 7) is 11.8. The summed E-state index contributed by atoms with van der Waals surface area (Å²) in [4.78, 5) is 21.1. The van der Waals surface area contributed by atoms with Crippen LogP contribution in [-0.4, -0.2) is 53.4 Å². The average molecular weight is 514 g/mol. The van der Waals surface area contributed by atoms with Crippen LogP contribution in [0.15, 0.2) is 28.7 Å². The van der Waals surface area contributed by atoms with Gasteiger partial charge >= 0.3 is 6.01 Å². The lowest BCUT2D eigenvalue weighted by Gasteiger charge is -2.19. The van der Waals surface area contributed by atoms with Gasteiger partial charge < -0.3 is 28.7 Å². The molecule has 0 atom stereocenters. The molecule has 9 nitrogen and oxygen atoms in total. The van der Waals surface area contributed by atoms with Crippen LogP contribution >= 0.6 is 0 Å². The monoisotopic (exact) mass is 513 g/mol. The molecule has 1 amide bonds. The highest BCUT2D eigenvalue weighted by molar-refractivity contribution is 7.14. The largest absolute Gasteiger partial charge is 0.479 e. The van der Waals surface area contributed by atoms with Crippen LogP contribution in [0.3, 0.4) is 0 Å². The average Bonchev–Trinajstić information content (AvgIpc) is 3.34. The molecule has 0 saturated heterocycles. The number of aromatic nitrogens is 2. The Morgan fingerprint density at radius 2 is 1.54 bits per heavy atom. The van der Waals surface area contributed by atoms with Crippen LogP contribution in [0.1, 0.15) is 16.1 Å². The van der Waals surface area contributed by atoms with Crippen molar-refractivity contribution in [1.29, 1.82) is 0 Å². The van der Waals surface area contributed by atoms with Gasteiger partial charge in [-0.1, -0.05) is 48.3 Å². The minimum Gasteiger partial charge on any atom is -0.479 e. The van der Waals surface area contributed by atoms with Crippen LogP contribution in [-0.2, 0) is 0 Å². The van der Waals surface area contributed by atoms with E-state index in [9.17, 15) is 4.79 Å². The lowest BCUT2D eigenvalue weighted by Crippen LogP contribution is -2.44. The standard InChI is InChI=1S/C24H31N3O6Si2/c1-14-11-17-18(35(7,8)13-34(17,5)6)12-16(14)33-19-10-9-15(32-19)21(28)25-20-22(29-2)26-24(31-4)27-23(20)30-3/h9-12H,13H2,1-8H3,(H,25,28). The third-order valence-electron chi connectivity index (χ3n) is 6.30. The molecule has 1 aliphatic heterocycles. The Bertz CT molecular complexity index is 1260. The number of fused-ring (bicyclic) bond motifs is 1. The fourth-order valence-corrected chi connectivity index (χ4v) is 20.0. The number of methoxy groups -OCH3 is 3. The molecule has 0 bridgehead atoms. The van der Waals surface area contributed by atoms with Crippen molar-refractivity contribution in [3.63, 3.8) is 0 Å². The summed E-state index contributed by atoms with van der Waals surface area (Å²) in [5.74, 6) is 0.703. The van der Waals surface area contributed by atoms with Gasteiger partial charge in [0.15, 0.2) is 11.4 Å². The maximum atomic E-state index is 12.9. The molecular weight excluding hydrogens is 482 g/mol. The van der Waals surface area contributed by atoms with E-state index in [1.165, 1.54) is 32.2 Å². The number of benzene rings is 1. The van der Waals surface area contributed by atoms with Crippen molar-refractivity contribution < 1.29 is 28.2 Å². The number of amides is 1. The normalized spacial score (nSPS) is 15.3. The number of hydrogen-bond donors (Lipinski definition) is 1. The van der Waals surface area contributed by atoms with Crippen LogP contribution in [0.5, 0.6) is 29.5 Å². The van der Waals surface area contributed by atoms with Gasteiger partial charge in [-0.05, 0) is 24.6 Å². The van der Waals surface area contributed by atoms with E-state index in [0.29, 0.717) is 0 Å². The molecular formula is C24H31N3O6Si2. The molecule has 11 heteroatoms. The van der Waals surface area contributed by atoms with Gasteiger partial charge in [0.1, 0.15) is 5.75 Å². The van der Waals surface area contributed by atoms with Gasteiger partial charge in [-0.15, -0.1) is 0 Å². The molecule has 0 spiro atoms. The van der Waals surface area contributed by atoms with Crippen LogP contribution < -0.4 is 34.6 Å². The highest BCUT2D eigenvalue weighted by atomic mass is 28.4. The van der Waals surface area contributed by atoms with Crippen molar-refractivity contribution in [3.05, 3.63) is 35.6 Å². The second-order valence-electron chi connectivity index (χ2n) is 9.89. The Labute approximate surface area is 206 Å². The molecule has 0 saturated carbocycles. The Morgan fingerprint density at radius 1 is 0.943 bits per heavy atom. The van der Waals surface area contributed by atoms with Gasteiger partial charge in [-0.2, -0.15) is 9.97 Å². The van der Waals surface area contributed by atoms with Crippen molar-refractivity contribution >= 4 is 38.1 Å². The molecule has 4 rings (SSSR count). The van der Waals surface area contributed by atoms with Gasteiger partial charge in [-0.25, -0.2) is 0 Å². The molecule has 1 aromatic carbocycles. The summed E-state index contributed by atoms with van der Waals surface area (Å²) < 4.78 is 27.4. The van der Waals surface area contributed by atoms with E-state index in [2.05, 4.69) is 53.6 Å². The van der Waals surface area contributed by atoms with Gasteiger partial charge in [0, 0.05) is 6.07 Å². The lowest BCUT2D eigenvalue weighted by atomic mass is 10.2. The van der Waals surface area contributed by atoms with Crippen LogP contribution in [0.25, 0.3) is 0 Å². The zero-order valence-electron chi connectivity index (χ0n) is 21.4. The number of nitrogens with one attached hydrogen (secondary N) is 1. The molecule has 2 aromatic heterocycles. The molecule has 0 radical (unpaired) electrons. The molecule has 35 heavy (non-hydrogen) atoms. The number of ether oxygens (including phenoxy) is 4. The number of rotatable bonds is 7. The van der Waals surface area contributed by atoms with E-state index >= 15 is 0 Å². The van der Waals surface area contributed by atoms with Crippen molar-refractivity contribution in [3.8, 4) is 29.5 Å². The van der Waals surface area contributed by atoms with Crippen LogP contribution in [0.2, 0.25) is 31.9 Å². The third-order valence-corrected chi connectivity index (χ3v) is 17.4. The van der Waals surface area contributed by atoms with E-state index in [1.807, 2.05) is 6.92 Å². The number of hydrogen-bond acceptors (Lipinski definition) is 8. The number of carbonyl (C=O) groups is 1. The van der Waals surface area contributed by atoms with Crippen molar-refractivity contribution in [2.24, 2.45) is 0 Å². The van der Waals surface area contributed by atoms with Crippen molar-refractivity contribution in [2.75, 3.05) is 26.6 Å². The lowest BCUT2D eigenvalue weighted by molar-refractivity contribution is 0.0990. The fourth-order valence-electron chi connectivity index (χ4n) is 4.89. The summed E-state index contributed by atoms with van der Waals surface area (Å²) in [6.07, 6.45) is 0. The first-order valence-corrected chi connectivity index (χ1v) is 17.7. The molecule has 0 aliphatic carbocycles. The predicted molar refractivity (Wildman–Crippen MR) is 139 cm³/mol. The Hall–Kier alpha value is -3.32. The summed E-state index contributed by atoms with van der Waals surface area (Å²) in [5.41, 5.74) is 2.56. The minimum atomic E-state index is -1.51. The molecule has 0 fully saturated rings. The van der Waals surface area contributed by atoms with Gasteiger partial charge in [0.2, 0.25) is 11.8 Å². The number of aryl methyl sites for hydroxylation is 1. The topological polar surface area (TPSA) is 105 Å². The summed E-state index contributed by atoms with van der Waals surface area (Å²) in [7, 11) is 1.33. The zero-order valence-corrected chi connectivity index (χ0v) is 23.4. The van der Waals surface area contributed by atoms with E-state index in [-0.39, 0.29) is 35.2 Å². The smallest absolute Gasteiger partial charge is 0.322 e. The van der Waals surface area contributed by atoms with Crippen molar-refractivity contribution in [2.45, 2.75) is 38.8 Å². The molecule has 3 aromatic rings. The van der Waals surface area contributed by atoms with E-state index in [0.717, 1.165) is 11.3 Å². The molecule has 186 valence electrons. The summed E-state index contributed by atoms with van der Waals surface area (Å²) >= 11 is 0. The molecule has 1 aliphatic rings. The van der Waals surface area contributed by atoms with Gasteiger partial charge in [-0.3, -0.25) is 4.79 Å². The first-order chi connectivity index (χ1) is 16.5. The summed E-state index contributed by atoms with van der Waals surface area (Å²) in [6, 6.07) is 7.70. The first kappa shape index (κ1) is 24.8. The summed E-state index contributed by atoms with van der Waals surface area (Å²) in [5, 5.41) is 5.70. The quantitative estimate of drug-likeness (QED) is 0.475. The molecule has 3 heterocycles. The number of nitrogens with zero attached hydrogens (tertiary/aromatic N) is 2. The minimum absolute atomic E-state index is 0.0485. The third kappa shape index (κ3) is 4.65. The van der Waals surface area contributed by atoms with E-state index < -0.39 is 22.1 Å². The van der Waals surface area contributed by atoms with E-state index in [4.69, 9.17) is 23.4 Å². The van der Waals surface area contributed by atoms with E-state index in [1.54, 1.807) is 17.3 Å². The van der Waals surface area contributed by atoms with Gasteiger partial charge in [0.25, 0.3) is 11.9 Å². The fraction of sp³-hybridized carbons (Fsp3) is 0.375. The Kier molecular flexibility index (Phi) is 6.41. The SMILES string of the molecule is COc1nc(OC)c(NC(=O)c2ccc(Oc3cc4c(cc3C)[Si](C)(C)C[Si]4(C)C)o2)c(OC)n1. The molecule has 1 N–H and O–H groups in total. The Balaban J connectivity index is 1.57. The van der Waals surface area contributed by atoms with Gasteiger partial charge in [0.05, 0.1) is 37.5 Å². The van der Waals surface area contributed by atoms with Crippen LogP contribution in [0.4, 0.5) is 5.69 Å². The first-order valence-electron chi connectivity index (χ1n) is 11.3. The maximum Gasteiger partial charge on any atom is 0.322 e. The second-order valence-corrected chi connectivity index (χ2v) is 19.9.